The molecule has 2 N–H and O–H groups in total. The van der Waals surface area contributed by atoms with Gasteiger partial charge in [-0.2, -0.15) is 0 Å². The first-order valence-electron chi connectivity index (χ1n) is 14.1. The van der Waals surface area contributed by atoms with Crippen molar-refractivity contribution in [1.82, 2.24) is 5.32 Å². The van der Waals surface area contributed by atoms with Crippen LogP contribution >= 0.6 is 0 Å². The summed E-state index contributed by atoms with van der Waals surface area (Å²) >= 11 is 0. The van der Waals surface area contributed by atoms with Crippen molar-refractivity contribution in [1.29, 1.82) is 0 Å². The van der Waals surface area contributed by atoms with Crippen LogP contribution in [0.4, 0.5) is 0 Å². The van der Waals surface area contributed by atoms with Gasteiger partial charge in [0.15, 0.2) is 6.29 Å². The molecule has 216 valence electrons. The molecule has 1 unspecified atom stereocenters. The lowest BCUT2D eigenvalue weighted by Crippen LogP contribution is -2.50. The molecule has 1 saturated heterocycles. The van der Waals surface area contributed by atoms with E-state index in [1.165, 1.54) is 5.56 Å². The summed E-state index contributed by atoms with van der Waals surface area (Å²) < 4.78 is 29.7. The summed E-state index contributed by atoms with van der Waals surface area (Å²) in [6, 6.07) is 30.2. The number of piperidine rings is 1. The average Bonchev–Trinajstić information content (AvgIpc) is 3.02. The average molecular weight is 558 g/mol. The highest BCUT2D eigenvalue weighted by atomic mass is 16.7. The normalized spacial score (nSPS) is 19.6. The zero-order valence-electron chi connectivity index (χ0n) is 23.7. The second kappa shape index (κ2) is 14.4. The van der Waals surface area contributed by atoms with E-state index in [9.17, 15) is 5.11 Å². The summed E-state index contributed by atoms with van der Waals surface area (Å²) in [5, 5.41) is 16.4. The number of fused-ring (bicyclic) bond motifs is 1. The highest BCUT2D eigenvalue weighted by Gasteiger charge is 2.36. The van der Waals surface area contributed by atoms with Crippen molar-refractivity contribution in [3.05, 3.63) is 108 Å². The summed E-state index contributed by atoms with van der Waals surface area (Å²) in [5.74, 6) is 1.33. The molecule has 1 aliphatic heterocycles. The fourth-order valence-electron chi connectivity index (χ4n) is 5.38. The lowest BCUT2D eigenvalue weighted by Gasteiger charge is -2.38. The van der Waals surface area contributed by atoms with Gasteiger partial charge in [0.25, 0.3) is 0 Å². The third kappa shape index (κ3) is 7.44. The Hall–Kier alpha value is -3.46. The third-order valence-corrected chi connectivity index (χ3v) is 7.44. The molecule has 0 aromatic heterocycles. The monoisotopic (exact) mass is 557 g/mol. The summed E-state index contributed by atoms with van der Waals surface area (Å²) in [6.07, 6.45) is -0.740. The fraction of sp³-hybridized carbons (Fsp3) is 0.353. The standard InChI is InChI=1S/C34H39NO6/c1-37-31-20-27(19-26-11-6-7-12-29(26)31)34(38-2)41-32-22-35-21-30(36)33(32)25-13-15-28(16-14-25)40-18-8-17-39-23-24-9-4-3-5-10-24/h3-7,9-16,19-20,30,32-36H,8,17-18,21-23H2,1-2H3/t30-,32+,33+,34?/m1/s1. The van der Waals surface area contributed by atoms with E-state index < -0.39 is 12.4 Å². The fourth-order valence-corrected chi connectivity index (χ4v) is 5.38. The van der Waals surface area contributed by atoms with Gasteiger partial charge in [0.05, 0.1) is 39.1 Å². The van der Waals surface area contributed by atoms with Crippen LogP contribution in [0.1, 0.15) is 35.3 Å². The first kappa shape index (κ1) is 29.0. The van der Waals surface area contributed by atoms with Gasteiger partial charge in [0.2, 0.25) is 0 Å². The second-order valence-corrected chi connectivity index (χ2v) is 10.2. The number of methoxy groups -OCH3 is 2. The van der Waals surface area contributed by atoms with E-state index in [4.69, 9.17) is 23.7 Å². The lowest BCUT2D eigenvalue weighted by molar-refractivity contribution is -0.176. The van der Waals surface area contributed by atoms with Crippen LogP contribution in [-0.4, -0.2) is 57.8 Å². The molecule has 0 aliphatic carbocycles. The van der Waals surface area contributed by atoms with Gasteiger partial charge in [0.1, 0.15) is 11.5 Å². The van der Waals surface area contributed by atoms with Crippen LogP contribution in [0.3, 0.4) is 0 Å². The molecule has 5 rings (SSSR count). The van der Waals surface area contributed by atoms with Crippen LogP contribution in [0.15, 0.2) is 91.0 Å². The van der Waals surface area contributed by atoms with Crippen molar-refractivity contribution in [2.75, 3.05) is 40.5 Å². The Morgan fingerprint density at radius 3 is 2.44 bits per heavy atom. The quantitative estimate of drug-likeness (QED) is 0.163. The number of benzene rings is 4. The molecule has 1 heterocycles. The minimum absolute atomic E-state index is 0.225. The summed E-state index contributed by atoms with van der Waals surface area (Å²) in [6.45, 7) is 2.90. The van der Waals surface area contributed by atoms with Crippen LogP contribution in [0.5, 0.6) is 11.5 Å². The Morgan fingerprint density at radius 2 is 1.66 bits per heavy atom. The topological polar surface area (TPSA) is 78.4 Å². The zero-order chi connectivity index (χ0) is 28.4. The molecular formula is C34H39NO6. The van der Waals surface area contributed by atoms with Gasteiger partial charge >= 0.3 is 0 Å². The molecule has 0 radical (unpaired) electrons. The van der Waals surface area contributed by atoms with Crippen LogP contribution in [-0.2, 0) is 20.8 Å². The molecule has 7 nitrogen and oxygen atoms in total. The van der Waals surface area contributed by atoms with Gasteiger partial charge in [-0.05, 0) is 40.8 Å². The molecule has 1 fully saturated rings. The Balaban J connectivity index is 1.20. The number of aliphatic hydroxyl groups is 1. The Labute approximate surface area is 242 Å². The van der Waals surface area contributed by atoms with Crippen LogP contribution in [0.2, 0.25) is 0 Å². The number of β-amino-alcohol motifs (C(OH)–C–C–N with tert-alkyl or cyclic N) is 1. The van der Waals surface area contributed by atoms with E-state index >= 15 is 0 Å². The van der Waals surface area contributed by atoms with E-state index in [0.717, 1.165) is 39.8 Å². The van der Waals surface area contributed by atoms with Crippen molar-refractivity contribution in [2.45, 2.75) is 37.4 Å². The highest BCUT2D eigenvalue weighted by Crippen LogP contribution is 2.36. The number of hydrogen-bond acceptors (Lipinski definition) is 7. The van der Waals surface area contributed by atoms with Gasteiger partial charge in [-0.25, -0.2) is 0 Å². The van der Waals surface area contributed by atoms with Gasteiger partial charge in [-0.15, -0.1) is 0 Å². The van der Waals surface area contributed by atoms with E-state index in [1.807, 2.05) is 72.8 Å². The zero-order valence-corrected chi connectivity index (χ0v) is 23.7. The molecule has 4 aromatic carbocycles. The molecule has 41 heavy (non-hydrogen) atoms. The number of ether oxygens (including phenoxy) is 5. The molecule has 0 spiro atoms. The lowest BCUT2D eigenvalue weighted by atomic mass is 9.85. The molecule has 4 aromatic rings. The van der Waals surface area contributed by atoms with Crippen molar-refractivity contribution < 1.29 is 28.8 Å². The second-order valence-electron chi connectivity index (χ2n) is 10.2. The molecule has 4 atom stereocenters. The maximum absolute atomic E-state index is 11.0. The summed E-state index contributed by atoms with van der Waals surface area (Å²) in [4.78, 5) is 0. The van der Waals surface area contributed by atoms with E-state index in [-0.39, 0.29) is 12.0 Å². The minimum Gasteiger partial charge on any atom is -0.496 e. The smallest absolute Gasteiger partial charge is 0.184 e. The van der Waals surface area contributed by atoms with E-state index in [1.54, 1.807) is 14.2 Å². The minimum atomic E-state index is -0.625. The van der Waals surface area contributed by atoms with Crippen molar-refractivity contribution in [2.24, 2.45) is 0 Å². The van der Waals surface area contributed by atoms with Crippen molar-refractivity contribution in [3.8, 4) is 11.5 Å². The predicted octanol–water partition coefficient (Wildman–Crippen LogP) is 5.61. The first-order chi connectivity index (χ1) is 20.2. The third-order valence-electron chi connectivity index (χ3n) is 7.44. The maximum atomic E-state index is 11.0. The number of aliphatic hydroxyl groups excluding tert-OH is 1. The van der Waals surface area contributed by atoms with Crippen LogP contribution in [0, 0.1) is 0 Å². The van der Waals surface area contributed by atoms with Gasteiger partial charge in [-0.1, -0.05) is 66.7 Å². The number of rotatable bonds is 13. The van der Waals surface area contributed by atoms with Crippen LogP contribution < -0.4 is 14.8 Å². The van der Waals surface area contributed by atoms with Crippen molar-refractivity contribution in [3.63, 3.8) is 0 Å². The Morgan fingerprint density at radius 1 is 0.878 bits per heavy atom. The molecule has 0 saturated carbocycles. The molecule has 0 bridgehead atoms. The number of hydrogen-bond donors (Lipinski definition) is 2. The van der Waals surface area contributed by atoms with Gasteiger partial charge < -0.3 is 34.1 Å². The first-order valence-corrected chi connectivity index (χ1v) is 14.1. The molecule has 1 aliphatic rings. The summed E-state index contributed by atoms with van der Waals surface area (Å²) in [7, 11) is 3.30. The highest BCUT2D eigenvalue weighted by molar-refractivity contribution is 5.89. The van der Waals surface area contributed by atoms with Crippen molar-refractivity contribution >= 4 is 10.8 Å². The Bertz CT molecular complexity index is 1360. The molecule has 0 amide bonds. The van der Waals surface area contributed by atoms with E-state index in [0.29, 0.717) is 32.9 Å². The van der Waals surface area contributed by atoms with Crippen LogP contribution in [0.25, 0.3) is 10.8 Å². The predicted molar refractivity (Wildman–Crippen MR) is 159 cm³/mol. The Kier molecular flexibility index (Phi) is 10.2. The SMILES string of the molecule is COc1cc(C(OC)O[C@H]2CNC[C@@H](O)[C@@H]2c2ccc(OCCCOCc3ccccc3)cc2)cc2ccccc12. The summed E-state index contributed by atoms with van der Waals surface area (Å²) in [5.41, 5.74) is 3.02. The van der Waals surface area contributed by atoms with Gasteiger partial charge in [-0.3, -0.25) is 0 Å². The largest absolute Gasteiger partial charge is 0.496 e. The van der Waals surface area contributed by atoms with Gasteiger partial charge in [0, 0.05) is 43.5 Å². The van der Waals surface area contributed by atoms with E-state index in [2.05, 4.69) is 23.5 Å². The molecule has 7 heteroatoms. The molecular weight excluding hydrogens is 518 g/mol. The maximum Gasteiger partial charge on any atom is 0.184 e. The number of nitrogens with one attached hydrogen (secondary N) is 1.